The molecule has 1 aromatic carbocycles. The van der Waals surface area contributed by atoms with Gasteiger partial charge < -0.3 is 15.3 Å². The van der Waals surface area contributed by atoms with E-state index in [-0.39, 0.29) is 12.3 Å². The Kier molecular flexibility index (Phi) is 6.35. The van der Waals surface area contributed by atoms with Gasteiger partial charge >= 0.3 is 0 Å². The van der Waals surface area contributed by atoms with Crippen LogP contribution in [0, 0.1) is 0 Å². The zero-order chi connectivity index (χ0) is 18.7. The lowest BCUT2D eigenvalue weighted by atomic mass is 10.1. The maximum atomic E-state index is 12.2. The van der Waals surface area contributed by atoms with E-state index in [0.29, 0.717) is 36.2 Å². The predicted octanol–water partition coefficient (Wildman–Crippen LogP) is 1.85. The average molecular weight is 388 g/mol. The van der Waals surface area contributed by atoms with Crippen molar-refractivity contribution < 1.29 is 13.5 Å². The van der Waals surface area contributed by atoms with Crippen molar-refractivity contribution in [3.8, 4) is 0 Å². The van der Waals surface area contributed by atoms with Crippen LogP contribution in [-0.4, -0.2) is 61.1 Å². The van der Waals surface area contributed by atoms with E-state index in [2.05, 4.69) is 10.3 Å². The molecular formula is C17H26ClN3O3S. The first kappa shape index (κ1) is 20.0. The molecule has 2 rings (SSSR count). The molecule has 140 valence electrons. The Morgan fingerprint density at radius 3 is 2.80 bits per heavy atom. The zero-order valence-corrected chi connectivity index (χ0v) is 16.4. The van der Waals surface area contributed by atoms with Gasteiger partial charge in [0.2, 0.25) is 0 Å². The van der Waals surface area contributed by atoms with E-state index < -0.39 is 20.7 Å². The lowest BCUT2D eigenvalue weighted by Gasteiger charge is -2.39. The summed E-state index contributed by atoms with van der Waals surface area (Å²) in [5.74, 6) is 0.716. The van der Waals surface area contributed by atoms with Crippen molar-refractivity contribution in [3.05, 3.63) is 34.9 Å². The van der Waals surface area contributed by atoms with Gasteiger partial charge in [-0.1, -0.05) is 23.7 Å². The summed E-state index contributed by atoms with van der Waals surface area (Å²) in [6, 6.07) is 7.05. The van der Waals surface area contributed by atoms with Crippen molar-refractivity contribution in [2.45, 2.75) is 31.6 Å². The minimum absolute atomic E-state index is 0.0985. The third kappa shape index (κ3) is 4.86. The highest BCUT2D eigenvalue weighted by Crippen LogP contribution is 2.24. The molecule has 1 unspecified atom stereocenters. The second kappa shape index (κ2) is 7.93. The van der Waals surface area contributed by atoms with Crippen molar-refractivity contribution in [1.29, 1.82) is 0 Å². The number of sulfone groups is 1. The summed E-state index contributed by atoms with van der Waals surface area (Å²) in [6.07, 6.45) is -0.770. The molecule has 2 N–H and O–H groups in total. The highest BCUT2D eigenvalue weighted by Gasteiger charge is 2.40. The van der Waals surface area contributed by atoms with Crippen molar-refractivity contribution in [2.75, 3.05) is 31.9 Å². The van der Waals surface area contributed by atoms with Crippen LogP contribution in [0.3, 0.4) is 0 Å². The van der Waals surface area contributed by atoms with E-state index in [9.17, 15) is 13.5 Å². The number of guanidine groups is 1. The van der Waals surface area contributed by atoms with Gasteiger partial charge in [-0.3, -0.25) is 4.99 Å². The molecule has 1 atom stereocenters. The minimum Gasteiger partial charge on any atom is -0.386 e. The average Bonchev–Trinajstić information content (AvgIpc) is 2.54. The lowest BCUT2D eigenvalue weighted by molar-refractivity contribution is 0.186. The quantitative estimate of drug-likeness (QED) is 0.608. The number of benzene rings is 1. The monoisotopic (exact) mass is 387 g/mol. The summed E-state index contributed by atoms with van der Waals surface area (Å²) in [5, 5.41) is 14.1. The van der Waals surface area contributed by atoms with Gasteiger partial charge in [-0.05, 0) is 38.5 Å². The second-order valence-electron chi connectivity index (χ2n) is 6.77. The molecule has 0 aliphatic carbocycles. The van der Waals surface area contributed by atoms with Crippen molar-refractivity contribution in [2.24, 2.45) is 4.99 Å². The van der Waals surface area contributed by atoms with Gasteiger partial charge in [-0.15, -0.1) is 0 Å². The van der Waals surface area contributed by atoms with Crippen molar-refractivity contribution in [3.63, 3.8) is 0 Å². The largest absolute Gasteiger partial charge is 0.386 e. The predicted molar refractivity (Wildman–Crippen MR) is 102 cm³/mol. The molecule has 6 nitrogen and oxygen atoms in total. The summed E-state index contributed by atoms with van der Waals surface area (Å²) in [7, 11) is -3.11. The molecule has 0 bridgehead atoms. The van der Waals surface area contributed by atoms with Gasteiger partial charge in [-0.25, -0.2) is 8.42 Å². The Morgan fingerprint density at radius 2 is 2.20 bits per heavy atom. The van der Waals surface area contributed by atoms with Gasteiger partial charge in [0, 0.05) is 24.7 Å². The summed E-state index contributed by atoms with van der Waals surface area (Å²) < 4.78 is 23.5. The molecule has 0 radical (unpaired) electrons. The lowest BCUT2D eigenvalue weighted by Crippen LogP contribution is -2.57. The van der Waals surface area contributed by atoms with Crippen LogP contribution in [0.5, 0.6) is 0 Å². The zero-order valence-electron chi connectivity index (χ0n) is 14.9. The third-order valence-electron chi connectivity index (χ3n) is 4.33. The Morgan fingerprint density at radius 1 is 1.48 bits per heavy atom. The molecule has 0 saturated carbocycles. The summed E-state index contributed by atoms with van der Waals surface area (Å²) in [6.45, 7) is 7.02. The van der Waals surface area contributed by atoms with Crippen molar-refractivity contribution in [1.82, 2.24) is 10.2 Å². The van der Waals surface area contributed by atoms with Crippen molar-refractivity contribution >= 4 is 27.4 Å². The first-order valence-corrected chi connectivity index (χ1v) is 10.4. The summed E-state index contributed by atoms with van der Waals surface area (Å²) in [4.78, 5) is 6.44. The van der Waals surface area contributed by atoms with E-state index in [4.69, 9.17) is 11.6 Å². The first-order valence-electron chi connectivity index (χ1n) is 8.35. The Labute approximate surface area is 154 Å². The number of aliphatic imine (C=N–C) groups is 1. The fraction of sp³-hybridized carbons (Fsp3) is 0.588. The number of aliphatic hydroxyl groups excluding tert-OH is 1. The molecule has 1 fully saturated rings. The van der Waals surface area contributed by atoms with Gasteiger partial charge in [0.15, 0.2) is 15.8 Å². The number of rotatable bonds is 4. The molecule has 1 aliphatic heterocycles. The molecule has 0 amide bonds. The van der Waals surface area contributed by atoms with E-state index in [0.717, 1.165) is 0 Å². The smallest absolute Gasteiger partial charge is 0.194 e. The highest BCUT2D eigenvalue weighted by molar-refractivity contribution is 7.92. The number of hydrogen-bond donors (Lipinski definition) is 2. The summed E-state index contributed by atoms with van der Waals surface area (Å²) >= 11 is 5.96. The van der Waals surface area contributed by atoms with Crippen LogP contribution in [0.4, 0.5) is 0 Å². The molecule has 1 aromatic rings. The molecular weight excluding hydrogens is 362 g/mol. The van der Waals surface area contributed by atoms with Gasteiger partial charge in [0.1, 0.15) is 0 Å². The summed E-state index contributed by atoms with van der Waals surface area (Å²) in [5.41, 5.74) is 0.702. The topological polar surface area (TPSA) is 82.0 Å². The third-order valence-corrected chi connectivity index (χ3v) is 7.09. The molecule has 0 spiro atoms. The van der Waals surface area contributed by atoms with E-state index >= 15 is 0 Å². The Balaban J connectivity index is 2.13. The first-order chi connectivity index (χ1) is 11.7. The highest BCUT2D eigenvalue weighted by atomic mass is 35.5. The maximum Gasteiger partial charge on any atom is 0.194 e. The molecule has 1 heterocycles. The number of aliphatic hydroxyl groups is 1. The number of nitrogens with zero attached hydrogens (tertiary/aromatic N) is 2. The fourth-order valence-electron chi connectivity index (χ4n) is 2.74. The number of nitrogens with one attached hydrogen (secondary N) is 1. The number of halogens is 1. The van der Waals surface area contributed by atoms with Gasteiger partial charge in [0.25, 0.3) is 0 Å². The molecule has 1 aliphatic rings. The van der Waals surface area contributed by atoms with E-state index in [1.165, 1.54) is 0 Å². The molecule has 0 aromatic heterocycles. The Bertz CT molecular complexity index is 734. The molecule has 1 saturated heterocycles. The van der Waals surface area contributed by atoms with Crippen LogP contribution in [0.25, 0.3) is 0 Å². The van der Waals surface area contributed by atoms with Crippen LogP contribution in [0.2, 0.25) is 5.02 Å². The standard InChI is InChI=1S/C17H26ClN3O3S/c1-4-19-16(21-8-9-25(23,24)17(2,3)12-21)20-11-15(22)13-6-5-7-14(18)10-13/h5-7,10,15,22H,4,8-9,11-12H2,1-3H3,(H,19,20). The van der Waals surface area contributed by atoms with Gasteiger partial charge in [0.05, 0.1) is 23.1 Å². The molecule has 25 heavy (non-hydrogen) atoms. The maximum absolute atomic E-state index is 12.2. The van der Waals surface area contributed by atoms with E-state index in [1.54, 1.807) is 38.1 Å². The second-order valence-corrected chi connectivity index (χ2v) is 9.94. The van der Waals surface area contributed by atoms with Crippen LogP contribution in [-0.2, 0) is 9.84 Å². The number of hydrogen-bond acceptors (Lipinski definition) is 4. The van der Waals surface area contributed by atoms with E-state index in [1.807, 2.05) is 11.8 Å². The van der Waals surface area contributed by atoms with Crippen LogP contribution < -0.4 is 5.32 Å². The van der Waals surface area contributed by atoms with Crippen LogP contribution in [0.15, 0.2) is 29.3 Å². The Hall–Kier alpha value is -1.31. The van der Waals surface area contributed by atoms with Crippen LogP contribution >= 0.6 is 11.6 Å². The van der Waals surface area contributed by atoms with Gasteiger partial charge in [-0.2, -0.15) is 0 Å². The fourth-order valence-corrected chi connectivity index (χ4v) is 4.31. The normalized spacial score (nSPS) is 21.0. The van der Waals surface area contributed by atoms with Crippen LogP contribution in [0.1, 0.15) is 32.4 Å². The molecule has 8 heteroatoms. The SMILES string of the molecule is CCNC(=NCC(O)c1cccc(Cl)c1)N1CCS(=O)(=O)C(C)(C)C1. The minimum atomic E-state index is -3.11.